The molecule has 0 aliphatic heterocycles. The molecule has 1 N–H and O–H groups in total. The van der Waals surface area contributed by atoms with Crippen molar-refractivity contribution in [3.05, 3.63) is 48.9 Å². The predicted molar refractivity (Wildman–Crippen MR) is 59.3 cm³/mol. The zero-order valence-corrected chi connectivity index (χ0v) is 8.69. The van der Waals surface area contributed by atoms with Gasteiger partial charge >= 0.3 is 5.97 Å². The fraction of sp³-hybridized carbons (Fsp3) is 0. The van der Waals surface area contributed by atoms with E-state index in [0.29, 0.717) is 5.82 Å². The number of nitrogens with zero attached hydrogens (tertiary/aromatic N) is 4. The molecule has 0 aliphatic rings. The SMILES string of the molecule is O=C(O)c1cn2cccc2c(-n2ccnc2)n1. The first-order valence-corrected chi connectivity index (χ1v) is 4.95. The van der Waals surface area contributed by atoms with Gasteiger partial charge in [0.25, 0.3) is 0 Å². The van der Waals surface area contributed by atoms with E-state index < -0.39 is 5.97 Å². The van der Waals surface area contributed by atoms with Gasteiger partial charge in [-0.25, -0.2) is 14.8 Å². The van der Waals surface area contributed by atoms with Crippen LogP contribution in [0.5, 0.6) is 0 Å². The zero-order valence-electron chi connectivity index (χ0n) is 8.69. The van der Waals surface area contributed by atoms with Crippen LogP contribution in [0.4, 0.5) is 0 Å². The largest absolute Gasteiger partial charge is 0.476 e. The number of fused-ring (bicyclic) bond motifs is 1. The number of hydrogen-bond donors (Lipinski definition) is 1. The van der Waals surface area contributed by atoms with Gasteiger partial charge in [-0.3, -0.25) is 4.57 Å². The van der Waals surface area contributed by atoms with Gasteiger partial charge in [0.05, 0.1) is 5.52 Å². The molecule has 3 aromatic rings. The number of rotatable bonds is 2. The molecule has 0 unspecified atom stereocenters. The van der Waals surface area contributed by atoms with E-state index in [2.05, 4.69) is 9.97 Å². The lowest BCUT2D eigenvalue weighted by Crippen LogP contribution is -2.07. The molecular weight excluding hydrogens is 220 g/mol. The summed E-state index contributed by atoms with van der Waals surface area (Å²) < 4.78 is 3.41. The maximum absolute atomic E-state index is 11.0. The monoisotopic (exact) mass is 228 g/mol. The Morgan fingerprint density at radius 2 is 2.24 bits per heavy atom. The Morgan fingerprint density at radius 1 is 1.35 bits per heavy atom. The molecule has 0 aromatic carbocycles. The van der Waals surface area contributed by atoms with Gasteiger partial charge in [-0.15, -0.1) is 0 Å². The minimum absolute atomic E-state index is 0.00241. The molecule has 0 radical (unpaired) electrons. The number of carboxylic acids is 1. The molecule has 0 saturated carbocycles. The van der Waals surface area contributed by atoms with Gasteiger partial charge in [-0.1, -0.05) is 0 Å². The molecule has 17 heavy (non-hydrogen) atoms. The van der Waals surface area contributed by atoms with E-state index in [4.69, 9.17) is 5.11 Å². The van der Waals surface area contributed by atoms with Crippen LogP contribution in [0.1, 0.15) is 10.5 Å². The number of aromatic nitrogens is 4. The van der Waals surface area contributed by atoms with Crippen molar-refractivity contribution >= 4 is 11.5 Å². The van der Waals surface area contributed by atoms with Crippen molar-refractivity contribution in [3.63, 3.8) is 0 Å². The predicted octanol–water partition coefficient (Wildman–Crippen LogP) is 1.22. The van der Waals surface area contributed by atoms with E-state index >= 15 is 0 Å². The molecule has 3 heterocycles. The van der Waals surface area contributed by atoms with Crippen LogP contribution in [-0.2, 0) is 0 Å². The Labute approximate surface area is 95.8 Å². The van der Waals surface area contributed by atoms with Crippen molar-refractivity contribution in [1.29, 1.82) is 0 Å². The first kappa shape index (κ1) is 9.59. The lowest BCUT2D eigenvalue weighted by Gasteiger charge is -2.06. The highest BCUT2D eigenvalue weighted by Crippen LogP contribution is 2.15. The van der Waals surface area contributed by atoms with Crippen LogP contribution in [0.25, 0.3) is 11.3 Å². The minimum atomic E-state index is -1.05. The van der Waals surface area contributed by atoms with Crippen LogP contribution in [0.15, 0.2) is 43.2 Å². The number of hydrogen-bond acceptors (Lipinski definition) is 3. The highest BCUT2D eigenvalue weighted by atomic mass is 16.4. The maximum Gasteiger partial charge on any atom is 0.356 e. The van der Waals surface area contributed by atoms with Crippen molar-refractivity contribution < 1.29 is 9.90 Å². The van der Waals surface area contributed by atoms with E-state index in [-0.39, 0.29) is 5.69 Å². The highest BCUT2D eigenvalue weighted by molar-refractivity contribution is 5.86. The molecule has 6 nitrogen and oxygen atoms in total. The lowest BCUT2D eigenvalue weighted by molar-refractivity contribution is 0.0690. The van der Waals surface area contributed by atoms with Gasteiger partial charge in [0, 0.05) is 24.8 Å². The summed E-state index contributed by atoms with van der Waals surface area (Å²) in [5.41, 5.74) is 0.824. The lowest BCUT2D eigenvalue weighted by atomic mass is 10.4. The molecule has 0 bridgehead atoms. The highest BCUT2D eigenvalue weighted by Gasteiger charge is 2.11. The number of carbonyl (C=O) groups is 1. The van der Waals surface area contributed by atoms with E-state index in [1.165, 1.54) is 6.20 Å². The second-order valence-electron chi connectivity index (χ2n) is 3.53. The van der Waals surface area contributed by atoms with E-state index in [0.717, 1.165) is 5.52 Å². The molecule has 0 aliphatic carbocycles. The minimum Gasteiger partial charge on any atom is -0.476 e. The third kappa shape index (κ3) is 1.46. The van der Waals surface area contributed by atoms with E-state index in [9.17, 15) is 4.79 Å². The summed E-state index contributed by atoms with van der Waals surface area (Å²) in [5.74, 6) is -0.505. The first-order valence-electron chi connectivity index (χ1n) is 4.95. The topological polar surface area (TPSA) is 72.4 Å². The van der Waals surface area contributed by atoms with Crippen molar-refractivity contribution in [1.82, 2.24) is 18.9 Å². The molecule has 3 aromatic heterocycles. The Morgan fingerprint density at radius 3 is 2.94 bits per heavy atom. The van der Waals surface area contributed by atoms with Gasteiger partial charge in [0.1, 0.15) is 6.33 Å². The molecule has 84 valence electrons. The molecule has 0 saturated heterocycles. The normalized spacial score (nSPS) is 10.8. The van der Waals surface area contributed by atoms with Crippen LogP contribution in [-0.4, -0.2) is 30.0 Å². The van der Waals surface area contributed by atoms with Crippen LogP contribution < -0.4 is 0 Å². The Kier molecular flexibility index (Phi) is 1.94. The van der Waals surface area contributed by atoms with Crippen LogP contribution in [0.3, 0.4) is 0 Å². The second kappa shape index (κ2) is 3.44. The molecule has 0 spiro atoms. The quantitative estimate of drug-likeness (QED) is 0.715. The van der Waals surface area contributed by atoms with Gasteiger partial charge in [0.15, 0.2) is 11.5 Å². The molecule has 6 heteroatoms. The number of imidazole rings is 1. The molecule has 0 fully saturated rings. The summed E-state index contributed by atoms with van der Waals surface area (Å²) in [6.07, 6.45) is 8.19. The van der Waals surface area contributed by atoms with Gasteiger partial charge < -0.3 is 9.51 Å². The third-order valence-corrected chi connectivity index (χ3v) is 2.46. The van der Waals surface area contributed by atoms with Crippen molar-refractivity contribution in [2.24, 2.45) is 0 Å². The summed E-state index contributed by atoms with van der Waals surface area (Å²) in [5, 5.41) is 9.00. The average molecular weight is 228 g/mol. The molecular formula is C11H8N4O2. The van der Waals surface area contributed by atoms with E-state index in [1.54, 1.807) is 33.9 Å². The van der Waals surface area contributed by atoms with Crippen LogP contribution in [0, 0.1) is 0 Å². The van der Waals surface area contributed by atoms with Gasteiger partial charge in [-0.2, -0.15) is 0 Å². The Balaban J connectivity index is 2.35. The van der Waals surface area contributed by atoms with Crippen LogP contribution >= 0.6 is 0 Å². The smallest absolute Gasteiger partial charge is 0.356 e. The van der Waals surface area contributed by atoms with E-state index in [1.807, 2.05) is 12.1 Å². The number of aromatic carboxylic acids is 1. The molecule has 0 atom stereocenters. The fourth-order valence-corrected chi connectivity index (χ4v) is 1.71. The summed E-state index contributed by atoms with van der Waals surface area (Å²) in [6.45, 7) is 0. The van der Waals surface area contributed by atoms with Gasteiger partial charge in [-0.05, 0) is 12.1 Å². The summed E-state index contributed by atoms with van der Waals surface area (Å²) in [7, 11) is 0. The summed E-state index contributed by atoms with van der Waals surface area (Å²) >= 11 is 0. The Bertz CT molecular complexity index is 685. The zero-order chi connectivity index (χ0) is 11.8. The van der Waals surface area contributed by atoms with Crippen molar-refractivity contribution in [2.45, 2.75) is 0 Å². The van der Waals surface area contributed by atoms with Crippen molar-refractivity contribution in [3.8, 4) is 5.82 Å². The first-order chi connectivity index (χ1) is 8.25. The second-order valence-corrected chi connectivity index (χ2v) is 3.53. The van der Waals surface area contributed by atoms with Crippen molar-refractivity contribution in [2.75, 3.05) is 0 Å². The summed E-state index contributed by atoms with van der Waals surface area (Å²) in [6, 6.07) is 3.71. The van der Waals surface area contributed by atoms with Crippen LogP contribution in [0.2, 0.25) is 0 Å². The average Bonchev–Trinajstić information content (AvgIpc) is 2.98. The van der Waals surface area contributed by atoms with Gasteiger partial charge in [0.2, 0.25) is 0 Å². The standard InChI is InChI=1S/C11H8N4O2/c16-11(17)8-6-14-4-1-2-9(14)10(13-8)15-5-3-12-7-15/h1-7H,(H,16,17). The summed E-state index contributed by atoms with van der Waals surface area (Å²) in [4.78, 5) is 19.0. The maximum atomic E-state index is 11.0. The number of carboxylic acid groups (broad SMARTS) is 1. The molecule has 0 amide bonds. The Hall–Kier alpha value is -2.63. The third-order valence-electron chi connectivity index (χ3n) is 2.46. The fourth-order valence-electron chi connectivity index (χ4n) is 1.71. The molecule has 3 rings (SSSR count).